The zero-order valence-corrected chi connectivity index (χ0v) is 21.6. The van der Waals surface area contributed by atoms with Crippen LogP contribution in [0.3, 0.4) is 0 Å². The molecule has 0 aromatic carbocycles. The van der Waals surface area contributed by atoms with Crippen molar-refractivity contribution in [3.05, 3.63) is 0 Å². The molecule has 2 heterocycles. The lowest BCUT2D eigenvalue weighted by atomic mass is 9.99. The quantitative estimate of drug-likeness (QED) is 0.315. The lowest BCUT2D eigenvalue weighted by molar-refractivity contribution is -0.302. The Morgan fingerprint density at radius 1 is 0.941 bits per heavy atom. The van der Waals surface area contributed by atoms with Crippen LogP contribution in [0, 0.1) is 0 Å². The van der Waals surface area contributed by atoms with E-state index in [1.165, 1.54) is 18.2 Å². The molecule has 0 amide bonds. The van der Waals surface area contributed by atoms with Crippen LogP contribution < -0.4 is 0 Å². The first-order chi connectivity index (χ1) is 15.7. The van der Waals surface area contributed by atoms with E-state index in [1.807, 2.05) is 0 Å². The first kappa shape index (κ1) is 28.5. The molecule has 0 saturated carbocycles. The number of thioether (sulfide) groups is 1. The third-order valence-corrected chi connectivity index (χ3v) is 7.48. The molecule has 2 aliphatic rings. The molecule has 2 rings (SSSR count). The molecule has 194 valence electrons. The van der Waals surface area contributed by atoms with Gasteiger partial charge in [-0.25, -0.2) is 8.42 Å². The number of hydrogen-bond acceptors (Lipinski definition) is 12. The summed E-state index contributed by atoms with van der Waals surface area (Å²) < 4.78 is 53.4. The molecule has 2 saturated heterocycles. The highest BCUT2D eigenvalue weighted by Gasteiger charge is 2.51. The summed E-state index contributed by atoms with van der Waals surface area (Å²) in [6, 6.07) is -0.595. The van der Waals surface area contributed by atoms with E-state index in [4.69, 9.17) is 23.7 Å². The lowest BCUT2D eigenvalue weighted by Crippen LogP contribution is -2.61. The van der Waals surface area contributed by atoms with Crippen LogP contribution in [0.4, 0.5) is 0 Å². The molecule has 0 spiro atoms. The Labute approximate surface area is 203 Å². The summed E-state index contributed by atoms with van der Waals surface area (Å²) in [5, 5.41) is -0.362. The van der Waals surface area contributed by atoms with Crippen molar-refractivity contribution in [2.24, 2.45) is 0 Å². The predicted octanol–water partition coefficient (Wildman–Crippen LogP) is 0.225. The number of esters is 3. The van der Waals surface area contributed by atoms with Crippen molar-refractivity contribution in [3.63, 3.8) is 0 Å². The van der Waals surface area contributed by atoms with Gasteiger partial charge >= 0.3 is 17.9 Å². The van der Waals surface area contributed by atoms with Gasteiger partial charge < -0.3 is 23.7 Å². The molecule has 14 heteroatoms. The number of ether oxygens (including phenoxy) is 5. The predicted molar refractivity (Wildman–Crippen MR) is 119 cm³/mol. The maximum atomic E-state index is 12.3. The van der Waals surface area contributed by atoms with Crippen LogP contribution in [-0.2, 0) is 52.9 Å². The fraction of sp³-hybridized carbons (Fsp3) is 0.800. The molecule has 0 bridgehead atoms. The highest BCUT2D eigenvalue weighted by atomic mass is 32.2. The van der Waals surface area contributed by atoms with Gasteiger partial charge in [-0.05, 0) is 13.3 Å². The Bertz CT molecular complexity index is 893. The summed E-state index contributed by atoms with van der Waals surface area (Å²) in [6.45, 7) is 6.47. The van der Waals surface area contributed by atoms with Crippen molar-refractivity contribution in [2.75, 3.05) is 19.4 Å². The smallest absolute Gasteiger partial charge is 0.303 e. The second-order valence-electron chi connectivity index (χ2n) is 8.22. The minimum atomic E-state index is -3.59. The molecule has 0 radical (unpaired) electrons. The van der Waals surface area contributed by atoms with Crippen molar-refractivity contribution in [1.82, 2.24) is 4.31 Å². The van der Waals surface area contributed by atoms with Gasteiger partial charge in [-0.15, -0.1) is 0 Å². The summed E-state index contributed by atoms with van der Waals surface area (Å²) in [5.41, 5.74) is 0. The number of hydrogen-bond donors (Lipinski definition) is 0. The monoisotopic (exact) mass is 525 g/mol. The zero-order valence-electron chi connectivity index (χ0n) is 19.9. The fourth-order valence-corrected chi connectivity index (χ4v) is 6.29. The molecule has 0 aromatic rings. The second kappa shape index (κ2) is 11.8. The molecule has 2 fully saturated rings. The Kier molecular flexibility index (Phi) is 9.89. The SMILES string of the molecule is CC(=O)O[C@@H]1[C@@H](OC(C)=O)[C@H](C)O[C@H](OC[C@@H]2C[C@@H](SC(C)=O)CN2S(C)(=O)=O)[C@@H]1OC(C)=O. The van der Waals surface area contributed by atoms with Gasteiger partial charge in [0.2, 0.25) is 10.0 Å². The largest absolute Gasteiger partial charge is 0.456 e. The van der Waals surface area contributed by atoms with E-state index in [2.05, 4.69) is 0 Å². The van der Waals surface area contributed by atoms with E-state index in [0.29, 0.717) is 6.42 Å². The Morgan fingerprint density at radius 3 is 1.97 bits per heavy atom. The van der Waals surface area contributed by atoms with E-state index < -0.39 is 64.7 Å². The molecule has 0 N–H and O–H groups in total. The Balaban J connectivity index is 2.25. The van der Waals surface area contributed by atoms with Crippen LogP contribution in [0.25, 0.3) is 0 Å². The van der Waals surface area contributed by atoms with Gasteiger partial charge in [-0.3, -0.25) is 19.2 Å². The van der Waals surface area contributed by atoms with E-state index in [9.17, 15) is 27.6 Å². The molecule has 34 heavy (non-hydrogen) atoms. The summed E-state index contributed by atoms with van der Waals surface area (Å²) in [6.07, 6.45) is -4.17. The average Bonchev–Trinajstić information content (AvgIpc) is 3.07. The van der Waals surface area contributed by atoms with E-state index in [1.54, 1.807) is 6.92 Å². The number of rotatable bonds is 8. The van der Waals surface area contributed by atoms with Gasteiger partial charge in [0, 0.05) is 45.5 Å². The highest BCUT2D eigenvalue weighted by Crippen LogP contribution is 2.33. The van der Waals surface area contributed by atoms with Crippen molar-refractivity contribution in [3.8, 4) is 0 Å². The molecule has 7 atom stereocenters. The molecule has 2 aliphatic heterocycles. The maximum absolute atomic E-state index is 12.3. The molecule has 0 unspecified atom stereocenters. The molecular weight excluding hydrogens is 494 g/mol. The van der Waals surface area contributed by atoms with Gasteiger partial charge in [-0.1, -0.05) is 11.8 Å². The van der Waals surface area contributed by atoms with Crippen LogP contribution in [0.5, 0.6) is 0 Å². The molecule has 0 aromatic heterocycles. The van der Waals surface area contributed by atoms with Crippen molar-refractivity contribution >= 4 is 44.8 Å². The first-order valence-corrected chi connectivity index (χ1v) is 13.3. The highest BCUT2D eigenvalue weighted by molar-refractivity contribution is 8.14. The number of nitrogens with zero attached hydrogens (tertiary/aromatic N) is 1. The number of sulfonamides is 1. The standard InChI is InChI=1S/C20H31NO11S2/c1-10-17(30-11(2)22)18(31-12(3)23)19(32-13(4)24)20(29-10)28-9-15-7-16(33-14(5)25)8-21(15)34(6,26)27/h10,15-20H,7-9H2,1-6H3/t10-,15-,16+,17-,18+,19+,20-/m0/s1. The minimum absolute atomic E-state index is 0.125. The van der Waals surface area contributed by atoms with Gasteiger partial charge in [0.15, 0.2) is 29.7 Å². The molecule has 0 aliphatic carbocycles. The second-order valence-corrected chi connectivity index (χ2v) is 11.6. The van der Waals surface area contributed by atoms with E-state index in [0.717, 1.165) is 31.9 Å². The Morgan fingerprint density at radius 2 is 1.47 bits per heavy atom. The average molecular weight is 526 g/mol. The van der Waals surface area contributed by atoms with Crippen LogP contribution in [-0.4, -0.2) is 97.2 Å². The summed E-state index contributed by atoms with van der Waals surface area (Å²) in [4.78, 5) is 46.6. The normalized spacial score (nSPS) is 32.1. The lowest BCUT2D eigenvalue weighted by Gasteiger charge is -2.43. The summed E-state index contributed by atoms with van der Waals surface area (Å²) >= 11 is 1.06. The molecular formula is C20H31NO11S2. The van der Waals surface area contributed by atoms with Crippen LogP contribution >= 0.6 is 11.8 Å². The van der Waals surface area contributed by atoms with Gasteiger partial charge in [0.25, 0.3) is 0 Å². The van der Waals surface area contributed by atoms with E-state index >= 15 is 0 Å². The topological polar surface area (TPSA) is 152 Å². The van der Waals surface area contributed by atoms with Gasteiger partial charge in [-0.2, -0.15) is 4.31 Å². The minimum Gasteiger partial charge on any atom is -0.456 e. The first-order valence-electron chi connectivity index (χ1n) is 10.6. The number of carbonyl (C=O) groups is 4. The van der Waals surface area contributed by atoms with Crippen LogP contribution in [0.15, 0.2) is 0 Å². The Hall–Kier alpha value is -1.74. The third kappa shape index (κ3) is 7.90. The van der Waals surface area contributed by atoms with Crippen molar-refractivity contribution < 1.29 is 51.3 Å². The zero-order chi connectivity index (χ0) is 25.8. The van der Waals surface area contributed by atoms with Crippen LogP contribution in [0.1, 0.15) is 41.0 Å². The van der Waals surface area contributed by atoms with Gasteiger partial charge in [0.05, 0.1) is 19.0 Å². The number of carbonyl (C=O) groups excluding carboxylic acids is 4. The fourth-order valence-electron chi connectivity index (χ4n) is 4.03. The molecule has 12 nitrogen and oxygen atoms in total. The van der Waals surface area contributed by atoms with Crippen LogP contribution in [0.2, 0.25) is 0 Å². The summed E-state index contributed by atoms with van der Waals surface area (Å²) in [5.74, 6) is -2.07. The van der Waals surface area contributed by atoms with Crippen molar-refractivity contribution in [2.45, 2.75) is 83.0 Å². The van der Waals surface area contributed by atoms with Crippen molar-refractivity contribution in [1.29, 1.82) is 0 Å². The third-order valence-electron chi connectivity index (χ3n) is 5.17. The van der Waals surface area contributed by atoms with E-state index in [-0.39, 0.29) is 23.5 Å². The van der Waals surface area contributed by atoms with Gasteiger partial charge in [0.1, 0.15) is 0 Å². The summed E-state index contributed by atoms with van der Waals surface area (Å²) in [7, 11) is -3.59. The maximum Gasteiger partial charge on any atom is 0.303 e.